The van der Waals surface area contributed by atoms with Gasteiger partial charge in [0.15, 0.2) is 0 Å². The molecule has 1 rings (SSSR count). The van der Waals surface area contributed by atoms with Crippen LogP contribution in [0.5, 0.6) is 0 Å². The highest BCUT2D eigenvalue weighted by Gasteiger charge is 2.23. The minimum absolute atomic E-state index is 0.122. The first-order valence-corrected chi connectivity index (χ1v) is 6.19. The number of hydrogen-bond acceptors (Lipinski definition) is 2. The van der Waals surface area contributed by atoms with Crippen molar-refractivity contribution < 1.29 is 9.90 Å². The summed E-state index contributed by atoms with van der Waals surface area (Å²) < 4.78 is 0. The van der Waals surface area contributed by atoms with E-state index in [0.29, 0.717) is 0 Å². The second-order valence-corrected chi connectivity index (χ2v) is 3.07. The van der Waals surface area contributed by atoms with Gasteiger partial charge in [0.05, 0.1) is 5.92 Å². The van der Waals surface area contributed by atoms with Crippen molar-refractivity contribution in [2.24, 2.45) is 5.92 Å². The van der Waals surface area contributed by atoms with Crippen LogP contribution < -0.4 is 0 Å². The van der Waals surface area contributed by atoms with Gasteiger partial charge in [-0.1, -0.05) is 34.6 Å². The van der Waals surface area contributed by atoms with E-state index in [-0.39, 0.29) is 5.92 Å². The number of likely N-dealkylation sites (tertiary alicyclic amines) is 1. The highest BCUT2D eigenvalue weighted by Crippen LogP contribution is 2.15. The van der Waals surface area contributed by atoms with Gasteiger partial charge in [-0.15, -0.1) is 0 Å². The summed E-state index contributed by atoms with van der Waals surface area (Å²) in [4.78, 5) is 12.8. The molecule has 1 aliphatic heterocycles. The number of carbonyl (C=O) groups is 1. The lowest BCUT2D eigenvalue weighted by Gasteiger charge is -2.29. The lowest BCUT2D eigenvalue weighted by Crippen LogP contribution is -2.38. The number of piperidine rings is 1. The Balaban J connectivity index is 0. The van der Waals surface area contributed by atoms with Gasteiger partial charge >= 0.3 is 5.97 Å². The molecule has 0 bridgehead atoms. The van der Waals surface area contributed by atoms with Crippen molar-refractivity contribution in [3.63, 3.8) is 0 Å². The molecule has 1 atom stereocenters. The van der Waals surface area contributed by atoms with Crippen LogP contribution in [-0.4, -0.2) is 35.6 Å². The summed E-state index contributed by atoms with van der Waals surface area (Å²) >= 11 is 0. The van der Waals surface area contributed by atoms with E-state index < -0.39 is 5.97 Å². The Bertz CT molecular complexity index is 149. The van der Waals surface area contributed by atoms with E-state index in [0.717, 1.165) is 32.5 Å². The fraction of sp³-hybridized carbons (Fsp3) is 0.917. The van der Waals surface area contributed by atoms with Crippen molar-refractivity contribution >= 4 is 5.97 Å². The highest BCUT2D eigenvalue weighted by molar-refractivity contribution is 5.70. The minimum atomic E-state index is -0.636. The molecule has 1 saturated heterocycles. The molecular weight excluding hydrogens is 190 g/mol. The van der Waals surface area contributed by atoms with Crippen LogP contribution in [0.25, 0.3) is 0 Å². The lowest BCUT2D eigenvalue weighted by atomic mass is 9.98. The third-order valence-corrected chi connectivity index (χ3v) is 2.30. The van der Waals surface area contributed by atoms with Crippen LogP contribution >= 0.6 is 0 Å². The van der Waals surface area contributed by atoms with Crippen molar-refractivity contribution in [1.82, 2.24) is 4.90 Å². The largest absolute Gasteiger partial charge is 0.481 e. The monoisotopic (exact) mass is 217 g/mol. The van der Waals surface area contributed by atoms with Gasteiger partial charge in [-0.05, 0) is 25.9 Å². The molecule has 0 aromatic heterocycles. The summed E-state index contributed by atoms with van der Waals surface area (Å²) in [5.74, 6) is -0.758. The molecule has 92 valence electrons. The molecule has 3 heteroatoms. The second-order valence-electron chi connectivity index (χ2n) is 3.07. The van der Waals surface area contributed by atoms with Crippen LogP contribution in [0.3, 0.4) is 0 Å². The van der Waals surface area contributed by atoms with Gasteiger partial charge in [-0.2, -0.15) is 0 Å². The van der Waals surface area contributed by atoms with Gasteiger partial charge in [0.1, 0.15) is 0 Å². The standard InChI is InChI=1S/C8H15NO2.2C2H6/c1-2-9-5-3-4-7(6-9)8(10)11;2*1-2/h7H,2-6H2,1H3,(H,10,11);2*1-2H3. The van der Waals surface area contributed by atoms with Crippen LogP contribution in [0.2, 0.25) is 0 Å². The van der Waals surface area contributed by atoms with Gasteiger partial charge in [0.25, 0.3) is 0 Å². The summed E-state index contributed by atoms with van der Waals surface area (Å²) in [5, 5.41) is 8.72. The number of hydrogen-bond donors (Lipinski definition) is 1. The zero-order valence-electron chi connectivity index (χ0n) is 10.9. The maximum Gasteiger partial charge on any atom is 0.307 e. The molecule has 1 heterocycles. The Hall–Kier alpha value is -0.570. The average molecular weight is 217 g/mol. The summed E-state index contributed by atoms with van der Waals surface area (Å²) in [6, 6.07) is 0. The molecule has 15 heavy (non-hydrogen) atoms. The van der Waals surface area contributed by atoms with Gasteiger partial charge in [-0.25, -0.2) is 0 Å². The first-order chi connectivity index (χ1) is 7.24. The molecule has 0 aromatic carbocycles. The van der Waals surface area contributed by atoms with Crippen molar-refractivity contribution in [1.29, 1.82) is 0 Å². The summed E-state index contributed by atoms with van der Waals surface area (Å²) in [5.41, 5.74) is 0. The molecule has 3 nitrogen and oxygen atoms in total. The number of nitrogens with zero attached hydrogens (tertiary/aromatic N) is 1. The number of carboxylic acids is 1. The van der Waals surface area contributed by atoms with Gasteiger partial charge in [0.2, 0.25) is 0 Å². The molecule has 0 aromatic rings. The first kappa shape index (κ1) is 16.8. The van der Waals surface area contributed by atoms with Crippen molar-refractivity contribution in [3.05, 3.63) is 0 Å². The van der Waals surface area contributed by atoms with E-state index in [1.165, 1.54) is 0 Å². The molecule has 1 aliphatic rings. The Morgan fingerprint density at radius 2 is 1.87 bits per heavy atom. The number of rotatable bonds is 2. The van der Waals surface area contributed by atoms with Crippen LogP contribution in [-0.2, 0) is 4.79 Å². The lowest BCUT2D eigenvalue weighted by molar-refractivity contribution is -0.143. The van der Waals surface area contributed by atoms with Gasteiger partial charge < -0.3 is 10.0 Å². The molecular formula is C12H27NO2. The van der Waals surface area contributed by atoms with Crippen molar-refractivity contribution in [2.45, 2.75) is 47.5 Å². The van der Waals surface area contributed by atoms with Crippen LogP contribution in [0, 0.1) is 5.92 Å². The van der Waals surface area contributed by atoms with Crippen molar-refractivity contribution in [3.8, 4) is 0 Å². The summed E-state index contributed by atoms with van der Waals surface area (Å²) in [6.45, 7) is 12.9. The van der Waals surface area contributed by atoms with E-state index in [2.05, 4.69) is 11.8 Å². The fourth-order valence-electron chi connectivity index (χ4n) is 1.54. The third kappa shape index (κ3) is 7.37. The molecule has 0 spiro atoms. The van der Waals surface area contributed by atoms with E-state index in [9.17, 15) is 4.79 Å². The molecule has 0 saturated carbocycles. The third-order valence-electron chi connectivity index (χ3n) is 2.30. The number of aliphatic carboxylic acids is 1. The van der Waals surface area contributed by atoms with E-state index >= 15 is 0 Å². The Labute approximate surface area is 94.5 Å². The van der Waals surface area contributed by atoms with Crippen LogP contribution in [0.4, 0.5) is 0 Å². The Morgan fingerprint density at radius 1 is 1.33 bits per heavy atom. The zero-order chi connectivity index (χ0) is 12.3. The Morgan fingerprint density at radius 3 is 2.27 bits per heavy atom. The smallest absolute Gasteiger partial charge is 0.307 e. The first-order valence-electron chi connectivity index (χ1n) is 6.19. The second kappa shape index (κ2) is 11.5. The number of carboxylic acid groups (broad SMARTS) is 1. The highest BCUT2D eigenvalue weighted by atomic mass is 16.4. The summed E-state index contributed by atoms with van der Waals surface area (Å²) in [7, 11) is 0. The SMILES string of the molecule is CC.CC.CCN1CCCC(C(=O)O)C1. The normalized spacial score (nSPS) is 20.5. The van der Waals surface area contributed by atoms with Gasteiger partial charge in [0, 0.05) is 6.54 Å². The van der Waals surface area contributed by atoms with Crippen molar-refractivity contribution in [2.75, 3.05) is 19.6 Å². The molecule has 0 radical (unpaired) electrons. The maximum absolute atomic E-state index is 10.6. The Kier molecular flexibility index (Phi) is 12.9. The predicted molar refractivity (Wildman–Crippen MR) is 65.2 cm³/mol. The molecule has 0 amide bonds. The minimum Gasteiger partial charge on any atom is -0.481 e. The van der Waals surface area contributed by atoms with Gasteiger partial charge in [-0.3, -0.25) is 4.79 Å². The zero-order valence-corrected chi connectivity index (χ0v) is 10.9. The average Bonchev–Trinajstić information content (AvgIpc) is 2.34. The molecule has 1 N–H and O–H groups in total. The maximum atomic E-state index is 10.6. The molecule has 1 unspecified atom stereocenters. The summed E-state index contributed by atoms with van der Waals surface area (Å²) in [6.07, 6.45) is 1.89. The molecule has 0 aliphatic carbocycles. The fourth-order valence-corrected chi connectivity index (χ4v) is 1.54. The van der Waals surface area contributed by atoms with E-state index in [1.54, 1.807) is 0 Å². The van der Waals surface area contributed by atoms with E-state index in [4.69, 9.17) is 5.11 Å². The molecule has 1 fully saturated rings. The topological polar surface area (TPSA) is 40.5 Å². The quantitative estimate of drug-likeness (QED) is 0.773. The van der Waals surface area contributed by atoms with Crippen LogP contribution in [0.15, 0.2) is 0 Å². The van der Waals surface area contributed by atoms with E-state index in [1.807, 2.05) is 27.7 Å². The predicted octanol–water partition coefficient (Wildman–Crippen LogP) is 2.86. The van der Waals surface area contributed by atoms with Crippen LogP contribution in [0.1, 0.15) is 47.5 Å².